The van der Waals surface area contributed by atoms with E-state index in [1.54, 1.807) is 12.1 Å². The van der Waals surface area contributed by atoms with Crippen molar-refractivity contribution in [3.05, 3.63) is 53.1 Å². The first kappa shape index (κ1) is 13.8. The van der Waals surface area contributed by atoms with Crippen molar-refractivity contribution in [1.29, 1.82) is 5.26 Å². The fraction of sp³-hybridized carbons (Fsp3) is 0.375. The van der Waals surface area contributed by atoms with Crippen molar-refractivity contribution in [1.82, 2.24) is 14.5 Å². The lowest BCUT2D eigenvalue weighted by Gasteiger charge is -2.29. The lowest BCUT2D eigenvalue weighted by Crippen LogP contribution is -2.36. The van der Waals surface area contributed by atoms with Crippen LogP contribution < -0.4 is 0 Å². The van der Waals surface area contributed by atoms with Crippen LogP contribution in [0.1, 0.15) is 28.7 Å². The predicted molar refractivity (Wildman–Crippen MR) is 78.4 cm³/mol. The van der Waals surface area contributed by atoms with Gasteiger partial charge in [0.05, 0.1) is 30.0 Å². The molecule has 1 aromatic heterocycles. The zero-order valence-electron chi connectivity index (χ0n) is 12.0. The summed E-state index contributed by atoms with van der Waals surface area (Å²) in [5.74, 6) is 1.06. The van der Waals surface area contributed by atoms with E-state index in [4.69, 9.17) is 5.26 Å². The Balaban J connectivity index is 1.65. The van der Waals surface area contributed by atoms with Gasteiger partial charge in [0.2, 0.25) is 0 Å². The number of aryl methyl sites for hydroxylation is 1. The summed E-state index contributed by atoms with van der Waals surface area (Å²) in [7, 11) is 0. The van der Waals surface area contributed by atoms with Gasteiger partial charge in [-0.15, -0.1) is 0 Å². The third-order valence-electron chi connectivity index (χ3n) is 3.86. The normalized spacial score (nSPS) is 16.2. The van der Waals surface area contributed by atoms with Crippen LogP contribution in [-0.4, -0.2) is 32.6 Å². The van der Waals surface area contributed by atoms with Crippen LogP contribution in [0.4, 0.5) is 0 Å². The zero-order valence-corrected chi connectivity index (χ0v) is 12.0. The molecule has 3 rings (SSSR count). The summed E-state index contributed by atoms with van der Waals surface area (Å²) in [5, 5.41) is 19.1. The number of hydrogen-bond donors (Lipinski definition) is 1. The van der Waals surface area contributed by atoms with Crippen LogP contribution in [0.2, 0.25) is 0 Å². The number of nitriles is 1. The molecule has 0 spiro atoms. The van der Waals surface area contributed by atoms with E-state index < -0.39 is 6.10 Å². The molecule has 1 atom stereocenters. The Morgan fingerprint density at radius 3 is 2.81 bits per heavy atom. The molecule has 0 aliphatic carbocycles. The summed E-state index contributed by atoms with van der Waals surface area (Å²) in [6, 6.07) is 9.20. The standard InChI is InChI=1S/C16H18N4O/c1-12-9-20-7-6-19(11-16(20)18-12)10-15(21)14-4-2-13(8-17)3-5-14/h2-5,9,15,21H,6-7,10-11H2,1H3. The number of nitrogens with zero attached hydrogens (tertiary/aromatic N) is 4. The maximum Gasteiger partial charge on any atom is 0.123 e. The van der Waals surface area contributed by atoms with Crippen LogP contribution in [0.3, 0.4) is 0 Å². The van der Waals surface area contributed by atoms with Crippen LogP contribution in [0, 0.1) is 18.3 Å². The van der Waals surface area contributed by atoms with Crippen molar-refractivity contribution >= 4 is 0 Å². The van der Waals surface area contributed by atoms with E-state index in [-0.39, 0.29) is 0 Å². The number of hydrogen-bond acceptors (Lipinski definition) is 4. The molecule has 5 nitrogen and oxygen atoms in total. The van der Waals surface area contributed by atoms with Crippen molar-refractivity contribution in [3.8, 4) is 6.07 Å². The Bertz CT molecular complexity index is 669. The maximum atomic E-state index is 10.3. The van der Waals surface area contributed by atoms with Gasteiger partial charge in [0.15, 0.2) is 0 Å². The summed E-state index contributed by atoms with van der Waals surface area (Å²) in [6.45, 7) is 5.17. The molecule has 1 unspecified atom stereocenters. The van der Waals surface area contributed by atoms with Crippen molar-refractivity contribution in [2.24, 2.45) is 0 Å². The van der Waals surface area contributed by atoms with E-state index in [2.05, 4.69) is 26.7 Å². The topological polar surface area (TPSA) is 65.1 Å². The molecule has 5 heteroatoms. The summed E-state index contributed by atoms with van der Waals surface area (Å²) in [5.41, 5.74) is 2.50. The van der Waals surface area contributed by atoms with E-state index in [0.717, 1.165) is 36.7 Å². The molecule has 0 saturated heterocycles. The number of aromatic nitrogens is 2. The molecule has 1 aliphatic rings. The summed E-state index contributed by atoms with van der Waals surface area (Å²) in [6.07, 6.45) is 1.53. The average Bonchev–Trinajstić information content (AvgIpc) is 2.86. The Morgan fingerprint density at radius 2 is 2.10 bits per heavy atom. The number of benzene rings is 1. The highest BCUT2D eigenvalue weighted by molar-refractivity contribution is 5.32. The van der Waals surface area contributed by atoms with Gasteiger partial charge in [0, 0.05) is 25.8 Å². The fourth-order valence-corrected chi connectivity index (χ4v) is 2.73. The van der Waals surface area contributed by atoms with Crippen molar-refractivity contribution in [2.45, 2.75) is 26.1 Å². The fourth-order valence-electron chi connectivity index (χ4n) is 2.73. The minimum absolute atomic E-state index is 0.541. The monoisotopic (exact) mass is 282 g/mol. The molecule has 2 heterocycles. The van der Waals surface area contributed by atoms with Crippen LogP contribution in [-0.2, 0) is 13.1 Å². The Labute approximate surface area is 124 Å². The van der Waals surface area contributed by atoms with Gasteiger partial charge in [0.25, 0.3) is 0 Å². The van der Waals surface area contributed by atoms with Gasteiger partial charge in [-0.2, -0.15) is 5.26 Å². The highest BCUT2D eigenvalue weighted by atomic mass is 16.3. The molecule has 0 amide bonds. The number of aliphatic hydroxyl groups is 1. The molecule has 1 aromatic carbocycles. The molecule has 1 N–H and O–H groups in total. The second-order valence-corrected chi connectivity index (χ2v) is 5.48. The summed E-state index contributed by atoms with van der Waals surface area (Å²) < 4.78 is 2.18. The zero-order chi connectivity index (χ0) is 14.8. The number of β-amino-alcohol motifs (C(OH)–C–C–N with tert-alkyl or cyclic N) is 1. The second-order valence-electron chi connectivity index (χ2n) is 5.48. The number of fused-ring (bicyclic) bond motifs is 1. The number of imidazole rings is 1. The van der Waals surface area contributed by atoms with Gasteiger partial charge in [-0.1, -0.05) is 12.1 Å². The molecule has 108 valence electrons. The Morgan fingerprint density at radius 1 is 1.33 bits per heavy atom. The largest absolute Gasteiger partial charge is 0.387 e. The molecule has 0 bridgehead atoms. The first-order chi connectivity index (χ1) is 10.2. The lowest BCUT2D eigenvalue weighted by molar-refractivity contribution is 0.0962. The predicted octanol–water partition coefficient (Wildman–Crippen LogP) is 1.61. The summed E-state index contributed by atoms with van der Waals surface area (Å²) >= 11 is 0. The maximum absolute atomic E-state index is 10.3. The SMILES string of the molecule is Cc1cn2c(n1)CN(CC(O)c1ccc(C#N)cc1)CC2. The van der Waals surface area contributed by atoms with Gasteiger partial charge < -0.3 is 9.67 Å². The van der Waals surface area contributed by atoms with Gasteiger partial charge in [-0.25, -0.2) is 4.98 Å². The van der Waals surface area contributed by atoms with Crippen molar-refractivity contribution < 1.29 is 5.11 Å². The number of aliphatic hydroxyl groups excluding tert-OH is 1. The lowest BCUT2D eigenvalue weighted by atomic mass is 10.1. The minimum Gasteiger partial charge on any atom is -0.387 e. The number of rotatable bonds is 3. The van der Waals surface area contributed by atoms with Crippen LogP contribution in [0.5, 0.6) is 0 Å². The van der Waals surface area contributed by atoms with Crippen LogP contribution >= 0.6 is 0 Å². The van der Waals surface area contributed by atoms with E-state index in [1.165, 1.54) is 0 Å². The average molecular weight is 282 g/mol. The van der Waals surface area contributed by atoms with Crippen molar-refractivity contribution in [3.63, 3.8) is 0 Å². The third-order valence-corrected chi connectivity index (χ3v) is 3.86. The first-order valence-corrected chi connectivity index (χ1v) is 7.09. The molecular weight excluding hydrogens is 264 g/mol. The van der Waals surface area contributed by atoms with Crippen LogP contribution in [0.25, 0.3) is 0 Å². The molecule has 0 radical (unpaired) electrons. The smallest absolute Gasteiger partial charge is 0.123 e. The minimum atomic E-state index is -0.541. The van der Waals surface area contributed by atoms with Crippen LogP contribution in [0.15, 0.2) is 30.5 Å². The van der Waals surface area contributed by atoms with Gasteiger partial charge in [-0.3, -0.25) is 4.90 Å². The van der Waals surface area contributed by atoms with Gasteiger partial charge in [0.1, 0.15) is 5.82 Å². The van der Waals surface area contributed by atoms with Gasteiger partial charge in [-0.05, 0) is 24.6 Å². The van der Waals surface area contributed by atoms with Crippen molar-refractivity contribution in [2.75, 3.05) is 13.1 Å². The molecule has 2 aromatic rings. The quantitative estimate of drug-likeness (QED) is 0.929. The molecule has 0 fully saturated rings. The molecule has 1 aliphatic heterocycles. The highest BCUT2D eigenvalue weighted by Crippen LogP contribution is 2.19. The van der Waals surface area contributed by atoms with E-state index >= 15 is 0 Å². The second kappa shape index (κ2) is 5.68. The first-order valence-electron chi connectivity index (χ1n) is 7.09. The summed E-state index contributed by atoms with van der Waals surface area (Å²) in [4.78, 5) is 6.72. The molecular formula is C16H18N4O. The Hall–Kier alpha value is -2.16. The van der Waals surface area contributed by atoms with Gasteiger partial charge >= 0.3 is 0 Å². The molecule has 21 heavy (non-hydrogen) atoms. The Kier molecular flexibility index (Phi) is 3.74. The third kappa shape index (κ3) is 2.97. The van der Waals surface area contributed by atoms with E-state index in [0.29, 0.717) is 12.1 Å². The highest BCUT2D eigenvalue weighted by Gasteiger charge is 2.20. The van der Waals surface area contributed by atoms with E-state index in [9.17, 15) is 5.11 Å². The van der Waals surface area contributed by atoms with E-state index in [1.807, 2.05) is 19.1 Å². The molecule has 0 saturated carbocycles.